The normalized spacial score (nSPS) is 12.4. The topological polar surface area (TPSA) is 107 Å². The lowest BCUT2D eigenvalue weighted by molar-refractivity contribution is 0.158. The first-order chi connectivity index (χ1) is 8.15. The molecule has 18 heavy (non-hydrogen) atoms. The number of nitrogens with two attached hydrogens (primary N) is 2. The fraction of sp³-hybridized carbons (Fsp3) is 0.455. The molecule has 0 amide bonds. The van der Waals surface area contributed by atoms with Gasteiger partial charge in [0.05, 0.1) is 17.8 Å². The maximum atomic E-state index is 11.2. The molecule has 6 nitrogen and oxygen atoms in total. The fourth-order valence-electron chi connectivity index (χ4n) is 1.67. The number of benzene rings is 1. The van der Waals surface area contributed by atoms with Crippen molar-refractivity contribution in [3.8, 4) is 0 Å². The van der Waals surface area contributed by atoms with Crippen molar-refractivity contribution < 1.29 is 13.2 Å². The van der Waals surface area contributed by atoms with E-state index in [1.807, 2.05) is 13.8 Å². The van der Waals surface area contributed by atoms with Crippen LogP contribution in [-0.2, 0) is 14.8 Å². The highest BCUT2D eigenvalue weighted by atomic mass is 32.2. The van der Waals surface area contributed by atoms with Gasteiger partial charge in [-0.1, -0.05) is 0 Å². The van der Waals surface area contributed by atoms with Crippen LogP contribution in [-0.4, -0.2) is 27.7 Å². The van der Waals surface area contributed by atoms with Crippen LogP contribution in [0.4, 0.5) is 11.4 Å². The maximum Gasteiger partial charge on any atom is 0.240 e. The molecule has 0 aliphatic carbocycles. The lowest BCUT2D eigenvalue weighted by Gasteiger charge is -2.26. The van der Waals surface area contributed by atoms with Crippen LogP contribution in [0.25, 0.3) is 0 Å². The van der Waals surface area contributed by atoms with Gasteiger partial charge in [0.2, 0.25) is 10.0 Å². The van der Waals surface area contributed by atoms with E-state index >= 15 is 0 Å². The average Bonchev–Trinajstić information content (AvgIpc) is 2.13. The Morgan fingerprint density at radius 1 is 1.39 bits per heavy atom. The molecule has 0 aromatic heterocycles. The van der Waals surface area contributed by atoms with Gasteiger partial charge in [0, 0.05) is 12.8 Å². The van der Waals surface area contributed by atoms with Crippen molar-refractivity contribution in [3.63, 3.8) is 0 Å². The summed E-state index contributed by atoms with van der Waals surface area (Å²) in [6, 6.07) is 4.54. The first-order valence-electron chi connectivity index (χ1n) is 5.35. The Hall–Kier alpha value is -1.31. The van der Waals surface area contributed by atoms with Crippen molar-refractivity contribution in [1.82, 2.24) is 0 Å². The highest BCUT2D eigenvalue weighted by molar-refractivity contribution is 7.89. The number of anilines is 2. The molecule has 0 aliphatic rings. The summed E-state index contributed by atoms with van der Waals surface area (Å²) in [5.74, 6) is 0. The average molecular weight is 273 g/mol. The maximum absolute atomic E-state index is 11.2. The number of methoxy groups -OCH3 is 1. The number of primary sulfonamides is 1. The van der Waals surface area contributed by atoms with E-state index in [1.165, 1.54) is 12.1 Å². The summed E-state index contributed by atoms with van der Waals surface area (Å²) in [7, 11) is -2.17. The van der Waals surface area contributed by atoms with Gasteiger partial charge in [-0.25, -0.2) is 13.6 Å². The third-order valence-corrected chi connectivity index (χ3v) is 3.29. The molecule has 0 heterocycles. The van der Waals surface area contributed by atoms with Crippen LogP contribution >= 0.6 is 0 Å². The Balaban J connectivity index is 2.99. The molecule has 102 valence electrons. The van der Waals surface area contributed by atoms with Gasteiger partial charge in [-0.3, -0.25) is 0 Å². The first-order valence-corrected chi connectivity index (χ1v) is 6.90. The van der Waals surface area contributed by atoms with Crippen molar-refractivity contribution in [2.24, 2.45) is 5.14 Å². The van der Waals surface area contributed by atoms with Gasteiger partial charge in [-0.2, -0.15) is 0 Å². The summed E-state index contributed by atoms with van der Waals surface area (Å²) in [6.07, 6.45) is 0. The van der Waals surface area contributed by atoms with E-state index in [-0.39, 0.29) is 16.1 Å². The summed E-state index contributed by atoms with van der Waals surface area (Å²) in [6.45, 7) is 4.42. The number of hydrogen-bond acceptors (Lipinski definition) is 5. The molecule has 0 radical (unpaired) electrons. The van der Waals surface area contributed by atoms with Crippen molar-refractivity contribution >= 4 is 21.4 Å². The molecule has 1 rings (SSSR count). The molecule has 5 N–H and O–H groups in total. The number of rotatable bonds is 5. The minimum absolute atomic E-state index is 0.0717. The Morgan fingerprint density at radius 2 is 2.00 bits per heavy atom. The molecule has 0 saturated heterocycles. The minimum Gasteiger partial charge on any atom is -0.398 e. The van der Waals surface area contributed by atoms with Gasteiger partial charge in [0.15, 0.2) is 0 Å². The summed E-state index contributed by atoms with van der Waals surface area (Å²) < 4.78 is 27.5. The Kier molecular flexibility index (Phi) is 4.20. The van der Waals surface area contributed by atoms with Crippen LogP contribution in [0.1, 0.15) is 13.8 Å². The first kappa shape index (κ1) is 14.7. The van der Waals surface area contributed by atoms with Crippen LogP contribution in [0.3, 0.4) is 0 Å². The van der Waals surface area contributed by atoms with Crippen molar-refractivity contribution in [1.29, 1.82) is 0 Å². The highest BCUT2D eigenvalue weighted by Gasteiger charge is 2.18. The van der Waals surface area contributed by atoms with Crippen molar-refractivity contribution in [3.05, 3.63) is 18.2 Å². The second-order valence-corrected chi connectivity index (χ2v) is 6.27. The van der Waals surface area contributed by atoms with Gasteiger partial charge in [-0.15, -0.1) is 0 Å². The standard InChI is InChI=1S/C11H19N3O3S/c1-11(2,7-17-3)14-8-4-5-10(9(12)6-8)18(13,15)16/h4-6,14H,7,12H2,1-3H3,(H2,13,15,16). The summed E-state index contributed by atoms with van der Waals surface area (Å²) in [4.78, 5) is -0.0717. The Bertz CT molecular complexity index is 526. The van der Waals surface area contributed by atoms with Crippen molar-refractivity contribution in [2.75, 3.05) is 24.8 Å². The summed E-state index contributed by atoms with van der Waals surface area (Å²) in [5.41, 5.74) is 6.21. The number of nitrogen functional groups attached to an aromatic ring is 1. The van der Waals surface area contributed by atoms with E-state index in [1.54, 1.807) is 13.2 Å². The quantitative estimate of drug-likeness (QED) is 0.686. The fourth-order valence-corrected chi connectivity index (χ4v) is 2.32. The molecule has 0 saturated carbocycles. The molecule has 7 heteroatoms. The van der Waals surface area contributed by atoms with E-state index in [4.69, 9.17) is 15.6 Å². The third kappa shape index (κ3) is 3.86. The number of ether oxygens (including phenoxy) is 1. The lowest BCUT2D eigenvalue weighted by Crippen LogP contribution is -2.35. The molecule has 0 unspecified atom stereocenters. The lowest BCUT2D eigenvalue weighted by atomic mass is 10.1. The predicted octanol–water partition coefficient (Wildman–Crippen LogP) is 0.753. The summed E-state index contributed by atoms with van der Waals surface area (Å²) in [5, 5.41) is 8.23. The minimum atomic E-state index is -3.78. The second kappa shape index (κ2) is 5.13. The number of hydrogen-bond donors (Lipinski definition) is 3. The van der Waals surface area contributed by atoms with E-state index < -0.39 is 10.0 Å². The van der Waals surface area contributed by atoms with Gasteiger partial charge in [0.25, 0.3) is 0 Å². The highest BCUT2D eigenvalue weighted by Crippen LogP contribution is 2.23. The van der Waals surface area contributed by atoms with Crippen LogP contribution in [0.5, 0.6) is 0 Å². The van der Waals surface area contributed by atoms with Crippen LogP contribution in [0, 0.1) is 0 Å². The summed E-state index contributed by atoms with van der Waals surface area (Å²) >= 11 is 0. The smallest absolute Gasteiger partial charge is 0.240 e. The molecular weight excluding hydrogens is 254 g/mol. The number of sulfonamides is 1. The van der Waals surface area contributed by atoms with Crippen molar-refractivity contribution in [2.45, 2.75) is 24.3 Å². The number of nitrogens with one attached hydrogen (secondary N) is 1. The molecule has 0 atom stereocenters. The molecular formula is C11H19N3O3S. The molecule has 1 aromatic carbocycles. The van der Waals surface area contributed by atoms with Crippen LogP contribution in [0.15, 0.2) is 23.1 Å². The molecule has 0 aliphatic heterocycles. The van der Waals surface area contributed by atoms with E-state index in [2.05, 4.69) is 5.32 Å². The zero-order chi connectivity index (χ0) is 14.0. The second-order valence-electron chi connectivity index (χ2n) is 4.74. The Labute approximate surface area is 107 Å². The SMILES string of the molecule is COCC(C)(C)Nc1ccc(S(N)(=O)=O)c(N)c1. The van der Waals surface area contributed by atoms with E-state index in [0.29, 0.717) is 12.3 Å². The van der Waals surface area contributed by atoms with Crippen LogP contribution < -0.4 is 16.2 Å². The third-order valence-electron chi connectivity index (χ3n) is 2.30. The van der Waals surface area contributed by atoms with E-state index in [0.717, 1.165) is 0 Å². The van der Waals surface area contributed by atoms with Gasteiger partial charge < -0.3 is 15.8 Å². The molecule has 1 aromatic rings. The predicted molar refractivity (Wildman–Crippen MR) is 71.8 cm³/mol. The zero-order valence-corrected chi connectivity index (χ0v) is 11.5. The van der Waals surface area contributed by atoms with Crippen LogP contribution in [0.2, 0.25) is 0 Å². The van der Waals surface area contributed by atoms with E-state index in [9.17, 15) is 8.42 Å². The molecule has 0 spiro atoms. The van der Waals surface area contributed by atoms with Gasteiger partial charge in [-0.05, 0) is 32.0 Å². The zero-order valence-electron chi connectivity index (χ0n) is 10.7. The molecule has 0 fully saturated rings. The molecule has 0 bridgehead atoms. The monoisotopic (exact) mass is 273 g/mol. The van der Waals surface area contributed by atoms with Gasteiger partial charge in [0.1, 0.15) is 4.90 Å². The Morgan fingerprint density at radius 3 is 2.44 bits per heavy atom. The largest absolute Gasteiger partial charge is 0.398 e. The van der Waals surface area contributed by atoms with Gasteiger partial charge >= 0.3 is 0 Å².